The summed E-state index contributed by atoms with van der Waals surface area (Å²) in [5, 5.41) is 0. The molecule has 6 heteroatoms. The molecule has 0 bridgehead atoms. The molecule has 0 radical (unpaired) electrons. The molecule has 4 rings (SSSR count). The van der Waals surface area contributed by atoms with E-state index >= 15 is 0 Å². The number of hydrogen-bond acceptors (Lipinski definition) is 5. The fourth-order valence-corrected chi connectivity index (χ4v) is 3.59. The van der Waals surface area contributed by atoms with Crippen LogP contribution in [0, 0.1) is 6.92 Å². The van der Waals surface area contributed by atoms with Gasteiger partial charge in [-0.05, 0) is 37.9 Å². The lowest BCUT2D eigenvalue weighted by molar-refractivity contribution is 0.198. The van der Waals surface area contributed by atoms with Gasteiger partial charge in [0.15, 0.2) is 5.82 Å². The van der Waals surface area contributed by atoms with Crippen molar-refractivity contribution in [2.24, 2.45) is 0 Å². The molecule has 0 unspecified atom stereocenters. The lowest BCUT2D eigenvalue weighted by Gasteiger charge is -2.33. The minimum atomic E-state index is 0.385. The Morgan fingerprint density at radius 3 is 2.84 bits per heavy atom. The highest BCUT2D eigenvalue weighted by atomic mass is 15.2. The van der Waals surface area contributed by atoms with E-state index in [4.69, 9.17) is 4.98 Å². The van der Waals surface area contributed by atoms with E-state index in [1.165, 1.54) is 12.0 Å². The molecule has 0 spiro atoms. The highest BCUT2D eigenvalue weighted by Crippen LogP contribution is 2.29. The van der Waals surface area contributed by atoms with Gasteiger partial charge in [-0.25, -0.2) is 9.97 Å². The summed E-state index contributed by atoms with van der Waals surface area (Å²) >= 11 is 0. The average Bonchev–Trinajstić information content (AvgIpc) is 3.09. The van der Waals surface area contributed by atoms with E-state index in [1.807, 2.05) is 42.3 Å². The summed E-state index contributed by atoms with van der Waals surface area (Å²) in [7, 11) is 0. The predicted molar refractivity (Wildman–Crippen MR) is 95.4 cm³/mol. The number of rotatable bonds is 4. The molecule has 0 N–H and O–H groups in total. The number of likely N-dealkylation sites (tertiary alicyclic amines) is 1. The van der Waals surface area contributed by atoms with Crippen molar-refractivity contribution in [2.45, 2.75) is 32.2 Å². The van der Waals surface area contributed by atoms with Crippen LogP contribution in [0.1, 0.15) is 35.8 Å². The summed E-state index contributed by atoms with van der Waals surface area (Å²) in [5.74, 6) is 2.23. The van der Waals surface area contributed by atoms with Crippen LogP contribution in [0.3, 0.4) is 0 Å². The SMILES string of the molecule is Cc1nccn1-c1nccnc1[C@H]1CCCN(Cc2cccnc2)C1. The van der Waals surface area contributed by atoms with Crippen LogP contribution in [0.5, 0.6) is 0 Å². The first-order valence-corrected chi connectivity index (χ1v) is 8.74. The van der Waals surface area contributed by atoms with Gasteiger partial charge in [-0.15, -0.1) is 0 Å². The van der Waals surface area contributed by atoms with Crippen molar-refractivity contribution in [2.75, 3.05) is 13.1 Å². The largest absolute Gasteiger partial charge is 0.298 e. The van der Waals surface area contributed by atoms with E-state index in [0.29, 0.717) is 5.92 Å². The first-order valence-electron chi connectivity index (χ1n) is 8.74. The quantitative estimate of drug-likeness (QED) is 0.734. The molecule has 0 amide bonds. The van der Waals surface area contributed by atoms with Gasteiger partial charge in [-0.3, -0.25) is 19.4 Å². The number of hydrogen-bond donors (Lipinski definition) is 0. The van der Waals surface area contributed by atoms with Crippen LogP contribution in [-0.2, 0) is 6.54 Å². The molecule has 3 aromatic heterocycles. The highest BCUT2D eigenvalue weighted by molar-refractivity contribution is 5.33. The summed E-state index contributed by atoms with van der Waals surface area (Å²) in [6, 6.07) is 4.14. The van der Waals surface area contributed by atoms with Gasteiger partial charge in [-0.2, -0.15) is 0 Å². The topological polar surface area (TPSA) is 59.7 Å². The van der Waals surface area contributed by atoms with Crippen molar-refractivity contribution < 1.29 is 0 Å². The Bertz CT molecular complexity index is 829. The van der Waals surface area contributed by atoms with Gasteiger partial charge in [0.2, 0.25) is 0 Å². The number of aryl methyl sites for hydroxylation is 1. The number of aromatic nitrogens is 5. The molecule has 128 valence electrons. The van der Waals surface area contributed by atoms with Crippen LogP contribution in [0.15, 0.2) is 49.3 Å². The van der Waals surface area contributed by atoms with Crippen LogP contribution in [0.25, 0.3) is 5.82 Å². The minimum Gasteiger partial charge on any atom is -0.298 e. The monoisotopic (exact) mass is 334 g/mol. The number of imidazole rings is 1. The van der Waals surface area contributed by atoms with Gasteiger partial charge in [0.1, 0.15) is 5.82 Å². The fraction of sp³-hybridized carbons (Fsp3) is 0.368. The highest BCUT2D eigenvalue weighted by Gasteiger charge is 2.26. The Balaban J connectivity index is 1.57. The Morgan fingerprint density at radius 1 is 1.12 bits per heavy atom. The zero-order valence-electron chi connectivity index (χ0n) is 14.4. The van der Waals surface area contributed by atoms with Gasteiger partial charge in [0.25, 0.3) is 0 Å². The molecule has 1 atom stereocenters. The van der Waals surface area contributed by atoms with Gasteiger partial charge >= 0.3 is 0 Å². The second-order valence-corrected chi connectivity index (χ2v) is 6.55. The number of nitrogens with zero attached hydrogens (tertiary/aromatic N) is 6. The zero-order chi connectivity index (χ0) is 17.1. The summed E-state index contributed by atoms with van der Waals surface area (Å²) in [5.41, 5.74) is 2.33. The van der Waals surface area contributed by atoms with Crippen LogP contribution in [-0.4, -0.2) is 42.5 Å². The molecule has 3 aromatic rings. The van der Waals surface area contributed by atoms with Crippen LogP contribution >= 0.6 is 0 Å². The molecule has 1 aliphatic heterocycles. The van der Waals surface area contributed by atoms with Crippen molar-refractivity contribution in [1.29, 1.82) is 0 Å². The number of pyridine rings is 1. The van der Waals surface area contributed by atoms with Crippen LogP contribution in [0.4, 0.5) is 0 Å². The van der Waals surface area contributed by atoms with E-state index in [-0.39, 0.29) is 0 Å². The van der Waals surface area contributed by atoms with Crippen molar-refractivity contribution in [1.82, 2.24) is 29.4 Å². The molecule has 0 aliphatic carbocycles. The lowest BCUT2D eigenvalue weighted by atomic mass is 9.94. The van der Waals surface area contributed by atoms with E-state index in [1.54, 1.807) is 12.4 Å². The average molecular weight is 334 g/mol. The Morgan fingerprint density at radius 2 is 2.04 bits per heavy atom. The summed E-state index contributed by atoms with van der Waals surface area (Å²) < 4.78 is 2.03. The molecule has 25 heavy (non-hydrogen) atoms. The van der Waals surface area contributed by atoms with Crippen LogP contribution < -0.4 is 0 Å². The third-order valence-corrected chi connectivity index (χ3v) is 4.78. The molecule has 0 aromatic carbocycles. The van der Waals surface area contributed by atoms with Gasteiger partial charge in [-0.1, -0.05) is 6.07 Å². The van der Waals surface area contributed by atoms with Crippen molar-refractivity contribution in [3.05, 3.63) is 66.4 Å². The molecular formula is C19H22N6. The molecule has 6 nitrogen and oxygen atoms in total. The van der Waals surface area contributed by atoms with Gasteiger partial charge in [0.05, 0.1) is 5.69 Å². The van der Waals surface area contributed by atoms with Crippen LogP contribution in [0.2, 0.25) is 0 Å². The zero-order valence-corrected chi connectivity index (χ0v) is 14.4. The summed E-state index contributed by atoms with van der Waals surface area (Å²) in [6.07, 6.45) is 13.4. The van der Waals surface area contributed by atoms with E-state index in [9.17, 15) is 0 Å². The first-order chi connectivity index (χ1) is 12.3. The van der Waals surface area contributed by atoms with E-state index in [0.717, 1.165) is 43.4 Å². The summed E-state index contributed by atoms with van der Waals surface area (Å²) in [6.45, 7) is 5.04. The molecule has 1 aliphatic rings. The third-order valence-electron chi connectivity index (χ3n) is 4.78. The molecule has 0 saturated carbocycles. The first kappa shape index (κ1) is 15.9. The number of piperidine rings is 1. The second kappa shape index (κ2) is 7.11. The maximum Gasteiger partial charge on any atom is 0.160 e. The molecule has 1 saturated heterocycles. The lowest BCUT2D eigenvalue weighted by Crippen LogP contribution is -2.34. The van der Waals surface area contributed by atoms with Gasteiger partial charge < -0.3 is 0 Å². The second-order valence-electron chi connectivity index (χ2n) is 6.55. The molecular weight excluding hydrogens is 312 g/mol. The smallest absolute Gasteiger partial charge is 0.160 e. The fourth-order valence-electron chi connectivity index (χ4n) is 3.59. The standard InChI is InChI=1S/C19H22N6/c1-15-21-9-11-25(15)19-18(22-7-8-23-19)17-5-3-10-24(14-17)13-16-4-2-6-20-12-16/h2,4,6-9,11-12,17H,3,5,10,13-14H2,1H3/t17-/m0/s1. The minimum absolute atomic E-state index is 0.385. The predicted octanol–water partition coefficient (Wildman–Crippen LogP) is 2.75. The maximum absolute atomic E-state index is 4.69. The molecule has 4 heterocycles. The Labute approximate surface area is 147 Å². The van der Waals surface area contributed by atoms with Gasteiger partial charge in [0, 0.05) is 56.2 Å². The van der Waals surface area contributed by atoms with Crippen molar-refractivity contribution in [3.8, 4) is 5.82 Å². The summed E-state index contributed by atoms with van der Waals surface area (Å²) in [4.78, 5) is 20.3. The van der Waals surface area contributed by atoms with Crippen molar-refractivity contribution >= 4 is 0 Å². The Kier molecular flexibility index (Phi) is 4.52. The van der Waals surface area contributed by atoms with E-state index in [2.05, 4.69) is 25.9 Å². The molecule has 1 fully saturated rings. The third kappa shape index (κ3) is 3.44. The maximum atomic E-state index is 4.69. The van der Waals surface area contributed by atoms with Crippen molar-refractivity contribution in [3.63, 3.8) is 0 Å². The normalized spacial score (nSPS) is 18.4. The Hall–Kier alpha value is -2.60. The van der Waals surface area contributed by atoms with E-state index < -0.39 is 0 Å².